The van der Waals surface area contributed by atoms with Crippen LogP contribution >= 0.6 is 0 Å². The second-order valence-electron chi connectivity index (χ2n) is 14.6. The summed E-state index contributed by atoms with van der Waals surface area (Å²) in [7, 11) is 0. The Morgan fingerprint density at radius 3 is 1.02 bits per heavy atom. The van der Waals surface area contributed by atoms with Gasteiger partial charge in [-0.3, -0.25) is 9.13 Å². The Kier molecular flexibility index (Phi) is 7.68. The van der Waals surface area contributed by atoms with Crippen LogP contribution in [-0.4, -0.2) is 19.1 Å². The molecular formula is C53H36N4. The molecule has 57 heavy (non-hydrogen) atoms. The lowest BCUT2D eigenvalue weighted by Crippen LogP contribution is -2.31. The van der Waals surface area contributed by atoms with Gasteiger partial charge in [-0.05, 0) is 52.6 Å². The molecule has 0 spiro atoms. The van der Waals surface area contributed by atoms with Crippen LogP contribution in [0.25, 0.3) is 66.6 Å². The fraction of sp³-hybridized carbons (Fsp3) is 0.0189. The lowest BCUT2D eigenvalue weighted by Gasteiger charge is -2.37. The molecule has 3 aromatic heterocycles. The van der Waals surface area contributed by atoms with Gasteiger partial charge in [-0.15, -0.1) is 0 Å². The smallest absolute Gasteiger partial charge is 0.163 e. The molecule has 0 bridgehead atoms. The molecule has 0 amide bonds. The summed E-state index contributed by atoms with van der Waals surface area (Å²) in [6.07, 6.45) is 0. The Morgan fingerprint density at radius 2 is 0.632 bits per heavy atom. The van der Waals surface area contributed by atoms with E-state index in [4.69, 9.17) is 9.97 Å². The van der Waals surface area contributed by atoms with Crippen LogP contribution in [0.15, 0.2) is 218 Å². The zero-order valence-electron chi connectivity index (χ0n) is 31.1. The highest BCUT2D eigenvalue weighted by Gasteiger charge is 2.38. The maximum absolute atomic E-state index is 5.50. The molecule has 11 aromatic rings. The van der Waals surface area contributed by atoms with E-state index in [0.29, 0.717) is 5.82 Å². The first kappa shape index (κ1) is 32.8. The summed E-state index contributed by atoms with van der Waals surface area (Å²) in [6.45, 7) is 0. The van der Waals surface area contributed by atoms with Crippen molar-refractivity contribution in [1.82, 2.24) is 19.1 Å². The molecule has 0 aliphatic heterocycles. The number of hydrogen-bond acceptors (Lipinski definition) is 2. The van der Waals surface area contributed by atoms with E-state index < -0.39 is 5.41 Å². The van der Waals surface area contributed by atoms with E-state index in [0.717, 1.165) is 44.8 Å². The maximum atomic E-state index is 5.50. The van der Waals surface area contributed by atoms with Gasteiger partial charge in [0.25, 0.3) is 0 Å². The van der Waals surface area contributed by atoms with Crippen LogP contribution in [0.3, 0.4) is 0 Å². The molecule has 0 saturated heterocycles. The van der Waals surface area contributed by atoms with Crippen molar-refractivity contribution in [2.45, 2.75) is 5.41 Å². The molecule has 0 atom stereocenters. The molecule has 0 fully saturated rings. The zero-order valence-corrected chi connectivity index (χ0v) is 31.1. The normalized spacial score (nSPS) is 11.9. The topological polar surface area (TPSA) is 35.6 Å². The van der Waals surface area contributed by atoms with Crippen LogP contribution in [0, 0.1) is 0 Å². The van der Waals surface area contributed by atoms with Gasteiger partial charge in [0, 0.05) is 33.2 Å². The molecule has 11 rings (SSSR count). The van der Waals surface area contributed by atoms with Crippen molar-refractivity contribution in [2.24, 2.45) is 0 Å². The summed E-state index contributed by atoms with van der Waals surface area (Å²) in [5, 5.41) is 4.75. The van der Waals surface area contributed by atoms with E-state index in [1.165, 1.54) is 38.2 Å². The molecule has 0 radical (unpaired) electrons. The van der Waals surface area contributed by atoms with Crippen molar-refractivity contribution in [2.75, 3.05) is 0 Å². The van der Waals surface area contributed by atoms with Crippen LogP contribution in [0.5, 0.6) is 0 Å². The van der Waals surface area contributed by atoms with Gasteiger partial charge < -0.3 is 0 Å². The summed E-state index contributed by atoms with van der Waals surface area (Å²) in [5.41, 5.74) is 9.41. The van der Waals surface area contributed by atoms with Gasteiger partial charge >= 0.3 is 0 Å². The lowest BCUT2D eigenvalue weighted by molar-refractivity contribution is 0.745. The third-order valence-corrected chi connectivity index (χ3v) is 11.5. The number of nitrogens with zero attached hydrogens (tertiary/aromatic N) is 4. The quantitative estimate of drug-likeness (QED) is 0.153. The van der Waals surface area contributed by atoms with Gasteiger partial charge in [0.2, 0.25) is 0 Å². The van der Waals surface area contributed by atoms with Crippen molar-refractivity contribution < 1.29 is 0 Å². The van der Waals surface area contributed by atoms with E-state index in [9.17, 15) is 0 Å². The maximum Gasteiger partial charge on any atom is 0.163 e. The predicted octanol–water partition coefficient (Wildman–Crippen LogP) is 12.7. The van der Waals surface area contributed by atoms with E-state index in [2.05, 4.69) is 228 Å². The number of benzene rings is 8. The first-order chi connectivity index (χ1) is 28.3. The SMILES string of the molecule is c1ccc(C(c2ccccc2)(c2ccccc2)c2cccc(-c3nc(-n4c5ccccc5c5ccccc54)cc(-n4c5ccccc5c5ccccc54)n3)c2)cc1. The van der Waals surface area contributed by atoms with Crippen LogP contribution in [0.4, 0.5) is 0 Å². The predicted molar refractivity (Wildman–Crippen MR) is 234 cm³/mol. The molecule has 0 N–H and O–H groups in total. The van der Waals surface area contributed by atoms with E-state index in [1.807, 2.05) is 0 Å². The van der Waals surface area contributed by atoms with E-state index >= 15 is 0 Å². The molecule has 4 heteroatoms. The Bertz CT molecular complexity index is 2900. The highest BCUT2D eigenvalue weighted by Crippen LogP contribution is 2.46. The standard InChI is InChI=1S/C53H36N4/c1-4-20-38(21-5-1)53(39-22-6-2-7-23-39,40-24-8-3-9-25-40)41-26-18-19-37(35-41)52-54-50(56-46-31-14-10-27-42(46)43-28-11-15-32-47(43)56)36-51(55-52)57-48-33-16-12-29-44(48)45-30-13-17-34-49(45)57/h1-36H. The fourth-order valence-corrected chi connectivity index (χ4v) is 9.07. The third kappa shape index (κ3) is 5.15. The average molecular weight is 729 g/mol. The highest BCUT2D eigenvalue weighted by molar-refractivity contribution is 6.10. The average Bonchev–Trinajstić information content (AvgIpc) is 3.81. The second kappa shape index (κ2) is 13.3. The Balaban J connectivity index is 1.22. The van der Waals surface area contributed by atoms with E-state index in [1.54, 1.807) is 0 Å². The Morgan fingerprint density at radius 1 is 0.298 bits per heavy atom. The van der Waals surface area contributed by atoms with Crippen LogP contribution in [0.2, 0.25) is 0 Å². The van der Waals surface area contributed by atoms with Gasteiger partial charge in [0.05, 0.1) is 27.5 Å². The third-order valence-electron chi connectivity index (χ3n) is 11.5. The molecular weight excluding hydrogens is 693 g/mol. The minimum Gasteiger partial charge on any atom is -0.294 e. The van der Waals surface area contributed by atoms with Gasteiger partial charge in [0.15, 0.2) is 5.82 Å². The Hall–Kier alpha value is -7.56. The van der Waals surface area contributed by atoms with Gasteiger partial charge in [-0.2, -0.15) is 0 Å². The number of rotatable bonds is 7. The van der Waals surface area contributed by atoms with Crippen molar-refractivity contribution >= 4 is 43.6 Å². The van der Waals surface area contributed by atoms with Crippen molar-refractivity contribution in [3.63, 3.8) is 0 Å². The van der Waals surface area contributed by atoms with Crippen molar-refractivity contribution in [1.29, 1.82) is 0 Å². The first-order valence-corrected chi connectivity index (χ1v) is 19.4. The lowest BCUT2D eigenvalue weighted by atomic mass is 9.65. The second-order valence-corrected chi connectivity index (χ2v) is 14.6. The van der Waals surface area contributed by atoms with Crippen molar-refractivity contribution in [3.8, 4) is 23.0 Å². The van der Waals surface area contributed by atoms with Crippen LogP contribution in [-0.2, 0) is 5.41 Å². The summed E-state index contributed by atoms with van der Waals surface area (Å²) in [5.74, 6) is 2.26. The number of para-hydroxylation sites is 4. The van der Waals surface area contributed by atoms with Gasteiger partial charge in [-0.25, -0.2) is 9.97 Å². The molecule has 268 valence electrons. The number of fused-ring (bicyclic) bond motifs is 6. The molecule has 4 nitrogen and oxygen atoms in total. The van der Waals surface area contributed by atoms with Crippen molar-refractivity contribution in [3.05, 3.63) is 241 Å². The molecule has 3 heterocycles. The molecule has 0 saturated carbocycles. The van der Waals surface area contributed by atoms with Gasteiger partial charge in [-0.1, -0.05) is 182 Å². The number of hydrogen-bond donors (Lipinski definition) is 0. The van der Waals surface area contributed by atoms with Gasteiger partial charge in [0.1, 0.15) is 11.6 Å². The monoisotopic (exact) mass is 728 g/mol. The molecule has 0 aliphatic carbocycles. The molecule has 8 aromatic carbocycles. The largest absolute Gasteiger partial charge is 0.294 e. The van der Waals surface area contributed by atoms with Crippen LogP contribution < -0.4 is 0 Å². The zero-order chi connectivity index (χ0) is 37.8. The number of aromatic nitrogens is 4. The van der Waals surface area contributed by atoms with E-state index in [-0.39, 0.29) is 0 Å². The summed E-state index contributed by atoms with van der Waals surface area (Å²) in [4.78, 5) is 11.0. The fourth-order valence-electron chi connectivity index (χ4n) is 9.07. The first-order valence-electron chi connectivity index (χ1n) is 19.4. The highest BCUT2D eigenvalue weighted by atomic mass is 15.1. The summed E-state index contributed by atoms with van der Waals surface area (Å²) >= 11 is 0. The summed E-state index contributed by atoms with van der Waals surface area (Å²) in [6, 6.07) is 77.9. The molecule has 0 aliphatic rings. The van der Waals surface area contributed by atoms with Crippen LogP contribution in [0.1, 0.15) is 22.3 Å². The minimum absolute atomic E-state index is 0.611. The summed E-state index contributed by atoms with van der Waals surface area (Å²) < 4.78 is 4.58. The minimum atomic E-state index is -0.611. The Labute approximate surface area is 330 Å². The molecule has 0 unspecified atom stereocenters.